The maximum absolute atomic E-state index is 11.4. The third kappa shape index (κ3) is 6.04. The van der Waals surface area contributed by atoms with Crippen LogP contribution in [0.4, 0.5) is 0 Å². The molecule has 0 heterocycles. The Morgan fingerprint density at radius 1 is 1.21 bits per heavy atom. The number of benzene rings is 1. The summed E-state index contributed by atoms with van der Waals surface area (Å²) in [7, 11) is -1.70. The second-order valence-corrected chi connectivity index (χ2v) is 5.92. The van der Waals surface area contributed by atoms with Gasteiger partial charge >= 0.3 is 5.97 Å². The van der Waals surface area contributed by atoms with Gasteiger partial charge in [0.15, 0.2) is 0 Å². The number of carbonyl (C=O) groups is 2. The molecule has 1 rings (SSSR count). The lowest BCUT2D eigenvalue weighted by atomic mass is 10.2. The Morgan fingerprint density at radius 3 is 2.47 bits per heavy atom. The van der Waals surface area contributed by atoms with Crippen LogP contribution in [-0.2, 0) is 26.9 Å². The van der Waals surface area contributed by atoms with Gasteiger partial charge in [0.05, 0.1) is 10.0 Å². The molecule has 0 saturated carbocycles. The molecule has 8 heteroatoms. The molecule has 0 saturated heterocycles. The maximum atomic E-state index is 11.4. The molecular weight excluding hydrogens is 313 g/mol. The van der Waals surface area contributed by atoms with Gasteiger partial charge < -0.3 is 10.4 Å². The van der Waals surface area contributed by atoms with E-state index in [2.05, 4.69) is 5.32 Å². The van der Waals surface area contributed by atoms with E-state index in [0.29, 0.717) is 10.0 Å². The molecule has 1 aromatic rings. The summed E-state index contributed by atoms with van der Waals surface area (Å²) in [6.07, 6.45) is 0. The van der Waals surface area contributed by atoms with Crippen molar-refractivity contribution in [2.45, 2.75) is 6.54 Å². The summed E-state index contributed by atoms with van der Waals surface area (Å²) >= 11 is 11.6. The van der Waals surface area contributed by atoms with E-state index in [-0.39, 0.29) is 12.3 Å². The number of amides is 1. The van der Waals surface area contributed by atoms with Gasteiger partial charge in [-0.05, 0) is 17.7 Å². The van der Waals surface area contributed by atoms with Gasteiger partial charge in [0.25, 0.3) is 0 Å². The van der Waals surface area contributed by atoms with Crippen molar-refractivity contribution in [3.63, 3.8) is 0 Å². The van der Waals surface area contributed by atoms with E-state index in [9.17, 15) is 13.8 Å². The van der Waals surface area contributed by atoms with Gasteiger partial charge in [0.1, 0.15) is 11.5 Å². The van der Waals surface area contributed by atoms with E-state index in [1.165, 1.54) is 0 Å². The topological polar surface area (TPSA) is 83.5 Å². The number of nitrogens with one attached hydrogen (secondary N) is 1. The predicted octanol–water partition coefficient (Wildman–Crippen LogP) is 1.44. The van der Waals surface area contributed by atoms with Gasteiger partial charge in [-0.15, -0.1) is 0 Å². The molecule has 0 aliphatic rings. The molecule has 5 nitrogen and oxygen atoms in total. The molecule has 0 bridgehead atoms. The Labute approximate surface area is 122 Å². The molecule has 1 amide bonds. The molecule has 2 N–H and O–H groups in total. The smallest absolute Gasteiger partial charge is 0.316 e. The monoisotopic (exact) mass is 323 g/mol. The highest BCUT2D eigenvalue weighted by Crippen LogP contribution is 2.22. The molecular formula is C11H11Cl2NO4S. The van der Waals surface area contributed by atoms with Gasteiger partial charge in [-0.3, -0.25) is 13.8 Å². The number of carboxylic acids is 1. The first-order valence-corrected chi connectivity index (χ1v) is 7.40. The third-order valence-electron chi connectivity index (χ3n) is 2.05. The lowest BCUT2D eigenvalue weighted by molar-refractivity contribution is -0.133. The van der Waals surface area contributed by atoms with Crippen LogP contribution in [0.2, 0.25) is 10.0 Å². The van der Waals surface area contributed by atoms with Crippen LogP contribution in [0.3, 0.4) is 0 Å². The van der Waals surface area contributed by atoms with Crippen molar-refractivity contribution >= 4 is 45.9 Å². The molecule has 0 radical (unpaired) electrons. The molecule has 19 heavy (non-hydrogen) atoms. The Bertz CT molecular complexity index is 521. The normalized spacial score (nSPS) is 11.9. The predicted molar refractivity (Wildman–Crippen MR) is 73.8 cm³/mol. The van der Waals surface area contributed by atoms with E-state index < -0.39 is 28.4 Å². The maximum Gasteiger partial charge on any atom is 0.316 e. The molecule has 0 aromatic heterocycles. The zero-order valence-corrected chi connectivity index (χ0v) is 12.0. The molecule has 0 fully saturated rings. The van der Waals surface area contributed by atoms with E-state index in [1.54, 1.807) is 18.2 Å². The van der Waals surface area contributed by atoms with Crippen molar-refractivity contribution in [1.82, 2.24) is 5.32 Å². The van der Waals surface area contributed by atoms with Crippen LogP contribution in [-0.4, -0.2) is 32.7 Å². The first-order chi connectivity index (χ1) is 8.88. The Balaban J connectivity index is 2.43. The summed E-state index contributed by atoms with van der Waals surface area (Å²) in [6.45, 7) is 0.208. The fourth-order valence-corrected chi connectivity index (χ4v) is 2.33. The number of hydrogen-bond donors (Lipinski definition) is 2. The van der Waals surface area contributed by atoms with Crippen molar-refractivity contribution in [3.05, 3.63) is 33.8 Å². The lowest BCUT2D eigenvalue weighted by Crippen LogP contribution is -2.29. The number of aliphatic carboxylic acids is 1. The molecule has 0 unspecified atom stereocenters. The van der Waals surface area contributed by atoms with Gasteiger partial charge in [-0.1, -0.05) is 29.3 Å². The van der Waals surface area contributed by atoms with Gasteiger partial charge in [-0.25, -0.2) is 0 Å². The standard InChI is InChI=1S/C11H11Cl2NO4S/c12-8-2-1-7(3-9(8)13)4-14-10(15)5-19(18)6-11(16)17/h1-3H,4-6H2,(H,14,15)(H,16,17)/t19-/m1/s1. The van der Waals surface area contributed by atoms with E-state index in [0.717, 1.165) is 5.56 Å². The zero-order chi connectivity index (χ0) is 14.4. The largest absolute Gasteiger partial charge is 0.481 e. The van der Waals surface area contributed by atoms with Crippen molar-refractivity contribution in [2.24, 2.45) is 0 Å². The Kier molecular flexibility index (Phi) is 6.27. The van der Waals surface area contributed by atoms with Crippen molar-refractivity contribution in [3.8, 4) is 0 Å². The quantitative estimate of drug-likeness (QED) is 0.829. The highest BCUT2D eigenvalue weighted by atomic mass is 35.5. The summed E-state index contributed by atoms with van der Waals surface area (Å²) in [4.78, 5) is 21.7. The lowest BCUT2D eigenvalue weighted by Gasteiger charge is -2.06. The van der Waals surface area contributed by atoms with Crippen molar-refractivity contribution < 1.29 is 18.9 Å². The highest BCUT2D eigenvalue weighted by molar-refractivity contribution is 7.86. The number of halogens is 2. The summed E-state index contributed by atoms with van der Waals surface area (Å²) in [5.41, 5.74) is 0.742. The van der Waals surface area contributed by atoms with Crippen LogP contribution in [0.1, 0.15) is 5.56 Å². The van der Waals surface area contributed by atoms with Crippen LogP contribution in [0.5, 0.6) is 0 Å². The number of carboxylic acid groups (broad SMARTS) is 1. The minimum Gasteiger partial charge on any atom is -0.481 e. The van der Waals surface area contributed by atoms with Crippen molar-refractivity contribution in [2.75, 3.05) is 11.5 Å². The first kappa shape index (κ1) is 15.9. The average Bonchev–Trinajstić information content (AvgIpc) is 2.29. The summed E-state index contributed by atoms with van der Waals surface area (Å²) in [6, 6.07) is 4.91. The molecule has 1 atom stereocenters. The van der Waals surface area contributed by atoms with Crippen molar-refractivity contribution in [1.29, 1.82) is 0 Å². The van der Waals surface area contributed by atoms with Crippen LogP contribution in [0.25, 0.3) is 0 Å². The van der Waals surface area contributed by atoms with E-state index in [4.69, 9.17) is 28.3 Å². The zero-order valence-electron chi connectivity index (χ0n) is 9.69. The van der Waals surface area contributed by atoms with Crippen LogP contribution < -0.4 is 5.32 Å². The molecule has 0 spiro atoms. The van der Waals surface area contributed by atoms with Crippen LogP contribution in [0.15, 0.2) is 18.2 Å². The van der Waals surface area contributed by atoms with Gasteiger partial charge in [0.2, 0.25) is 5.91 Å². The first-order valence-electron chi connectivity index (χ1n) is 5.16. The van der Waals surface area contributed by atoms with Crippen LogP contribution in [0, 0.1) is 0 Å². The second-order valence-electron chi connectivity index (χ2n) is 3.65. The fraction of sp³-hybridized carbons (Fsp3) is 0.273. The van der Waals surface area contributed by atoms with Gasteiger partial charge in [0, 0.05) is 17.3 Å². The average molecular weight is 324 g/mol. The minimum atomic E-state index is -1.70. The molecule has 0 aliphatic carbocycles. The van der Waals surface area contributed by atoms with Crippen LogP contribution >= 0.6 is 23.2 Å². The van der Waals surface area contributed by atoms with Gasteiger partial charge in [-0.2, -0.15) is 0 Å². The second kappa shape index (κ2) is 7.47. The number of rotatable bonds is 6. The van der Waals surface area contributed by atoms with E-state index >= 15 is 0 Å². The molecule has 104 valence electrons. The number of carbonyl (C=O) groups excluding carboxylic acids is 1. The molecule has 1 aromatic carbocycles. The van der Waals surface area contributed by atoms with E-state index in [1.807, 2.05) is 0 Å². The highest BCUT2D eigenvalue weighted by Gasteiger charge is 2.11. The summed E-state index contributed by atoms with van der Waals surface area (Å²) < 4.78 is 11.2. The fourth-order valence-electron chi connectivity index (χ4n) is 1.24. The Hall–Kier alpha value is -1.11. The third-order valence-corrected chi connectivity index (χ3v) is 3.94. The minimum absolute atomic E-state index is 0.208. The SMILES string of the molecule is O=C(O)C[S@](=O)CC(=O)NCc1ccc(Cl)c(Cl)c1. The number of hydrogen-bond acceptors (Lipinski definition) is 3. The summed E-state index contributed by atoms with van der Waals surface area (Å²) in [5, 5.41) is 11.7. The molecule has 0 aliphatic heterocycles. The summed E-state index contributed by atoms with van der Waals surface area (Å²) in [5.74, 6) is -2.56. The Morgan fingerprint density at radius 2 is 1.89 bits per heavy atom.